The third kappa shape index (κ3) is 3.17. The highest BCUT2D eigenvalue weighted by molar-refractivity contribution is 9.10. The lowest BCUT2D eigenvalue weighted by Gasteiger charge is -2.05. The number of hydrogen-bond acceptors (Lipinski definition) is 3. The first-order valence-electron chi connectivity index (χ1n) is 5.50. The summed E-state index contributed by atoms with van der Waals surface area (Å²) in [5.74, 6) is -1.09. The number of halogens is 1. The Morgan fingerprint density at radius 1 is 1.30 bits per heavy atom. The van der Waals surface area contributed by atoms with Crippen LogP contribution in [0.1, 0.15) is 5.56 Å². The van der Waals surface area contributed by atoms with E-state index in [0.717, 1.165) is 10.0 Å². The highest BCUT2D eigenvalue weighted by atomic mass is 79.9. The van der Waals surface area contributed by atoms with Gasteiger partial charge >= 0.3 is 5.97 Å². The fraction of sp³-hybridized carbons (Fsp3) is 0. The lowest BCUT2D eigenvalue weighted by atomic mass is 10.3. The van der Waals surface area contributed by atoms with Crippen LogP contribution in [0.25, 0.3) is 6.08 Å². The van der Waals surface area contributed by atoms with Crippen molar-refractivity contribution in [2.45, 2.75) is 4.90 Å². The summed E-state index contributed by atoms with van der Waals surface area (Å²) in [4.78, 5) is 10.6. The zero-order valence-corrected chi connectivity index (χ0v) is 12.5. The second-order valence-electron chi connectivity index (χ2n) is 3.91. The van der Waals surface area contributed by atoms with Crippen LogP contribution in [0.15, 0.2) is 58.2 Å². The van der Waals surface area contributed by atoms with Gasteiger partial charge in [0.15, 0.2) is 0 Å². The standard InChI is InChI=1S/C13H10BrNO4S/c14-11-2-1-3-12(8-11)20(18,19)15-7-6-10(9-15)4-5-13(16)17/h1-9H,(H,16,17). The molecule has 7 heteroatoms. The maximum Gasteiger partial charge on any atom is 0.328 e. The number of nitrogens with zero attached hydrogens (tertiary/aromatic N) is 1. The molecular weight excluding hydrogens is 346 g/mol. The van der Waals surface area contributed by atoms with Gasteiger partial charge in [-0.05, 0) is 35.9 Å². The van der Waals surface area contributed by atoms with Gasteiger partial charge in [0, 0.05) is 22.9 Å². The summed E-state index contributed by atoms with van der Waals surface area (Å²) >= 11 is 3.22. The summed E-state index contributed by atoms with van der Waals surface area (Å²) in [6.45, 7) is 0. The predicted octanol–water partition coefficient (Wildman–Crippen LogP) is 2.59. The molecule has 20 heavy (non-hydrogen) atoms. The van der Waals surface area contributed by atoms with Gasteiger partial charge in [0.1, 0.15) is 0 Å². The molecule has 0 fully saturated rings. The summed E-state index contributed by atoms with van der Waals surface area (Å²) in [7, 11) is -3.67. The monoisotopic (exact) mass is 355 g/mol. The fourth-order valence-electron chi connectivity index (χ4n) is 1.56. The van der Waals surface area contributed by atoms with Gasteiger partial charge in [-0.1, -0.05) is 22.0 Å². The minimum atomic E-state index is -3.67. The molecule has 1 N–H and O–H groups in total. The third-order valence-electron chi connectivity index (χ3n) is 2.48. The quantitative estimate of drug-likeness (QED) is 0.855. The van der Waals surface area contributed by atoms with Crippen LogP contribution in [-0.2, 0) is 14.8 Å². The van der Waals surface area contributed by atoms with E-state index in [1.165, 1.54) is 36.7 Å². The van der Waals surface area contributed by atoms with Crippen molar-refractivity contribution in [1.82, 2.24) is 3.97 Å². The topological polar surface area (TPSA) is 76.4 Å². The summed E-state index contributed by atoms with van der Waals surface area (Å²) in [6, 6.07) is 7.88. The molecule has 0 aliphatic rings. The molecule has 1 heterocycles. The van der Waals surface area contributed by atoms with Gasteiger partial charge in [-0.2, -0.15) is 0 Å². The fourth-order valence-corrected chi connectivity index (χ4v) is 3.36. The maximum absolute atomic E-state index is 12.3. The van der Waals surface area contributed by atoms with Crippen LogP contribution >= 0.6 is 15.9 Å². The van der Waals surface area contributed by atoms with Gasteiger partial charge in [-0.3, -0.25) is 0 Å². The second-order valence-corrected chi connectivity index (χ2v) is 6.67. The lowest BCUT2D eigenvalue weighted by molar-refractivity contribution is -0.131. The smallest absolute Gasteiger partial charge is 0.328 e. The van der Waals surface area contributed by atoms with Crippen molar-refractivity contribution < 1.29 is 18.3 Å². The first-order valence-corrected chi connectivity index (χ1v) is 7.73. The molecule has 0 radical (unpaired) electrons. The minimum Gasteiger partial charge on any atom is -0.478 e. The molecule has 0 aliphatic heterocycles. The van der Waals surface area contributed by atoms with Crippen LogP contribution in [0.4, 0.5) is 0 Å². The first-order chi connectivity index (χ1) is 9.39. The number of carboxylic acid groups (broad SMARTS) is 1. The Labute approximate surface area is 124 Å². The Morgan fingerprint density at radius 3 is 2.70 bits per heavy atom. The number of aliphatic carboxylic acids is 1. The van der Waals surface area contributed by atoms with E-state index >= 15 is 0 Å². The molecule has 0 aliphatic carbocycles. The molecule has 104 valence electrons. The zero-order chi connectivity index (χ0) is 14.8. The molecule has 1 aromatic carbocycles. The Kier molecular flexibility index (Phi) is 4.10. The van der Waals surface area contributed by atoms with Gasteiger partial charge in [-0.15, -0.1) is 0 Å². The second kappa shape index (κ2) is 5.64. The van der Waals surface area contributed by atoms with E-state index in [-0.39, 0.29) is 4.90 Å². The average Bonchev–Trinajstić information content (AvgIpc) is 2.86. The van der Waals surface area contributed by atoms with E-state index in [0.29, 0.717) is 10.0 Å². The van der Waals surface area contributed by atoms with E-state index in [1.54, 1.807) is 12.1 Å². The van der Waals surface area contributed by atoms with Crippen LogP contribution in [0.2, 0.25) is 0 Å². The van der Waals surface area contributed by atoms with Crippen molar-refractivity contribution in [2.24, 2.45) is 0 Å². The maximum atomic E-state index is 12.3. The van der Waals surface area contributed by atoms with E-state index in [4.69, 9.17) is 5.11 Å². The Balaban J connectivity index is 2.38. The number of rotatable bonds is 4. The summed E-state index contributed by atoms with van der Waals surface area (Å²) in [6.07, 6.45) is 5.01. The lowest BCUT2D eigenvalue weighted by Crippen LogP contribution is -2.10. The van der Waals surface area contributed by atoms with Gasteiger partial charge in [0.2, 0.25) is 0 Å². The SMILES string of the molecule is O=C(O)C=Cc1ccn(S(=O)(=O)c2cccc(Br)c2)c1. The zero-order valence-electron chi connectivity index (χ0n) is 10.1. The van der Waals surface area contributed by atoms with Crippen molar-refractivity contribution in [3.63, 3.8) is 0 Å². The van der Waals surface area contributed by atoms with Crippen LogP contribution in [0.3, 0.4) is 0 Å². The van der Waals surface area contributed by atoms with Crippen molar-refractivity contribution in [1.29, 1.82) is 0 Å². The van der Waals surface area contributed by atoms with E-state index in [9.17, 15) is 13.2 Å². The molecule has 2 aromatic rings. The molecule has 0 spiro atoms. The summed E-state index contributed by atoms with van der Waals surface area (Å²) < 4.78 is 26.4. The Hall–Kier alpha value is -1.86. The van der Waals surface area contributed by atoms with Gasteiger partial charge < -0.3 is 5.11 Å². The molecule has 0 bridgehead atoms. The largest absolute Gasteiger partial charge is 0.478 e. The average molecular weight is 356 g/mol. The van der Waals surface area contributed by atoms with E-state index in [2.05, 4.69) is 15.9 Å². The van der Waals surface area contributed by atoms with Crippen LogP contribution in [0, 0.1) is 0 Å². The van der Waals surface area contributed by atoms with Crippen molar-refractivity contribution in [2.75, 3.05) is 0 Å². The van der Waals surface area contributed by atoms with Crippen molar-refractivity contribution >= 4 is 38.0 Å². The first kappa shape index (κ1) is 14.5. The highest BCUT2D eigenvalue weighted by Crippen LogP contribution is 2.19. The number of carbonyl (C=O) groups is 1. The number of carboxylic acids is 1. The minimum absolute atomic E-state index is 0.149. The van der Waals surface area contributed by atoms with Crippen LogP contribution in [-0.4, -0.2) is 23.5 Å². The highest BCUT2D eigenvalue weighted by Gasteiger charge is 2.16. The Morgan fingerprint density at radius 2 is 2.05 bits per heavy atom. The number of aromatic nitrogens is 1. The van der Waals surface area contributed by atoms with Crippen LogP contribution in [0.5, 0.6) is 0 Å². The van der Waals surface area contributed by atoms with Crippen molar-refractivity contribution in [3.05, 3.63) is 58.8 Å². The molecule has 5 nitrogen and oxygen atoms in total. The molecule has 0 saturated heterocycles. The molecule has 0 unspecified atom stereocenters. The molecule has 2 rings (SSSR count). The number of hydrogen-bond donors (Lipinski definition) is 1. The van der Waals surface area contributed by atoms with E-state index < -0.39 is 16.0 Å². The molecular formula is C13H10BrNO4S. The van der Waals surface area contributed by atoms with E-state index in [1.807, 2.05) is 0 Å². The van der Waals surface area contributed by atoms with Crippen LogP contribution < -0.4 is 0 Å². The third-order valence-corrected chi connectivity index (χ3v) is 4.61. The van der Waals surface area contributed by atoms with Gasteiger partial charge in [0.05, 0.1) is 4.90 Å². The molecule has 1 aromatic heterocycles. The Bertz CT molecular complexity index is 777. The molecule has 0 saturated carbocycles. The normalized spacial score (nSPS) is 11.8. The van der Waals surface area contributed by atoms with Crippen molar-refractivity contribution in [3.8, 4) is 0 Å². The summed E-state index contributed by atoms with van der Waals surface area (Å²) in [5, 5.41) is 8.53. The van der Waals surface area contributed by atoms with Gasteiger partial charge in [-0.25, -0.2) is 17.2 Å². The molecule has 0 atom stereocenters. The summed E-state index contributed by atoms with van der Waals surface area (Å²) in [5.41, 5.74) is 0.492. The molecule has 0 amide bonds. The van der Waals surface area contributed by atoms with Gasteiger partial charge in [0.25, 0.3) is 10.0 Å². The predicted molar refractivity (Wildman–Crippen MR) is 77.8 cm³/mol. The number of benzene rings is 1.